The van der Waals surface area contributed by atoms with Crippen LogP contribution in [0.4, 0.5) is 5.69 Å². The van der Waals surface area contributed by atoms with Crippen molar-refractivity contribution in [2.45, 2.75) is 6.92 Å². The van der Waals surface area contributed by atoms with Gasteiger partial charge in [0.05, 0.1) is 18.4 Å². The van der Waals surface area contributed by atoms with E-state index in [1.165, 1.54) is 0 Å². The maximum Gasteiger partial charge on any atom is 0.256 e. The van der Waals surface area contributed by atoms with Crippen LogP contribution in [0.5, 0.6) is 5.75 Å². The number of halogens is 1. The van der Waals surface area contributed by atoms with Crippen LogP contribution in [0, 0.1) is 6.92 Å². The van der Waals surface area contributed by atoms with E-state index in [0.29, 0.717) is 15.8 Å². The van der Waals surface area contributed by atoms with Crippen molar-refractivity contribution in [1.29, 1.82) is 0 Å². The Balaban J connectivity index is 1.54. The summed E-state index contributed by atoms with van der Waals surface area (Å²) in [6, 6.07) is 17.0. The number of hydrogen-bond donors (Lipinski definition) is 1. The quantitative estimate of drug-likeness (QED) is 0.470. The number of imidazole rings is 1. The van der Waals surface area contributed by atoms with Crippen LogP contribution in [0.15, 0.2) is 71.5 Å². The van der Waals surface area contributed by atoms with Gasteiger partial charge in [0.25, 0.3) is 5.91 Å². The standard InChI is InChI=1S/C22H18BrN3O2/c1-14-4-3-11-26-13-20(25-21(14)26)15-5-7-16(8-6-15)24-22(27)18-10-9-17(28-2)12-19(18)23/h3-13H,1-2H3,(H,24,27). The molecule has 28 heavy (non-hydrogen) atoms. The number of fused-ring (bicyclic) bond motifs is 1. The molecular formula is C22H18BrN3O2. The van der Waals surface area contributed by atoms with E-state index in [-0.39, 0.29) is 5.91 Å². The molecule has 2 aromatic heterocycles. The average molecular weight is 436 g/mol. The second-order valence-electron chi connectivity index (χ2n) is 6.43. The number of methoxy groups -OCH3 is 1. The van der Waals surface area contributed by atoms with E-state index in [2.05, 4.69) is 21.2 Å². The van der Waals surface area contributed by atoms with E-state index in [0.717, 1.165) is 28.2 Å². The molecule has 0 radical (unpaired) electrons. The summed E-state index contributed by atoms with van der Waals surface area (Å²) in [5.74, 6) is 0.501. The average Bonchev–Trinajstić information content (AvgIpc) is 3.14. The van der Waals surface area contributed by atoms with Gasteiger partial charge in [0.2, 0.25) is 0 Å². The molecule has 0 saturated heterocycles. The summed E-state index contributed by atoms with van der Waals surface area (Å²) >= 11 is 3.42. The third kappa shape index (κ3) is 3.51. The minimum Gasteiger partial charge on any atom is -0.497 e. The number of amides is 1. The molecule has 140 valence electrons. The summed E-state index contributed by atoms with van der Waals surface area (Å²) in [7, 11) is 1.59. The van der Waals surface area contributed by atoms with Crippen molar-refractivity contribution in [3.05, 3.63) is 82.6 Å². The Kier molecular flexibility index (Phi) is 4.88. The van der Waals surface area contributed by atoms with E-state index in [4.69, 9.17) is 9.72 Å². The van der Waals surface area contributed by atoms with Crippen molar-refractivity contribution < 1.29 is 9.53 Å². The van der Waals surface area contributed by atoms with Crippen molar-refractivity contribution in [2.24, 2.45) is 0 Å². The minimum absolute atomic E-state index is 0.189. The van der Waals surface area contributed by atoms with Crippen molar-refractivity contribution in [3.8, 4) is 17.0 Å². The molecule has 0 atom stereocenters. The summed E-state index contributed by atoms with van der Waals surface area (Å²) in [5, 5.41) is 2.92. The van der Waals surface area contributed by atoms with Crippen LogP contribution in [-0.2, 0) is 0 Å². The molecule has 2 aromatic carbocycles. The van der Waals surface area contributed by atoms with Gasteiger partial charge in [0, 0.05) is 28.1 Å². The van der Waals surface area contributed by atoms with Gasteiger partial charge >= 0.3 is 0 Å². The molecular weight excluding hydrogens is 418 g/mol. The number of ether oxygens (including phenoxy) is 1. The first-order valence-electron chi connectivity index (χ1n) is 8.75. The maximum atomic E-state index is 12.5. The van der Waals surface area contributed by atoms with Crippen molar-refractivity contribution in [2.75, 3.05) is 12.4 Å². The van der Waals surface area contributed by atoms with Crippen LogP contribution >= 0.6 is 15.9 Å². The molecule has 4 rings (SSSR count). The molecule has 0 aliphatic heterocycles. The van der Waals surface area contributed by atoms with Crippen LogP contribution in [0.3, 0.4) is 0 Å². The Labute approximate surface area is 171 Å². The second kappa shape index (κ2) is 7.48. The molecule has 0 unspecified atom stereocenters. The topological polar surface area (TPSA) is 55.6 Å². The molecule has 1 N–H and O–H groups in total. The number of pyridine rings is 1. The van der Waals surface area contributed by atoms with Crippen LogP contribution in [0.25, 0.3) is 16.9 Å². The fourth-order valence-corrected chi connectivity index (χ4v) is 3.56. The summed E-state index contributed by atoms with van der Waals surface area (Å²) < 4.78 is 7.86. The van der Waals surface area contributed by atoms with Crippen molar-refractivity contribution in [1.82, 2.24) is 9.38 Å². The lowest BCUT2D eigenvalue weighted by atomic mass is 10.1. The Morgan fingerprint density at radius 3 is 2.61 bits per heavy atom. The third-order valence-electron chi connectivity index (χ3n) is 4.54. The number of hydrogen-bond acceptors (Lipinski definition) is 3. The number of benzene rings is 2. The zero-order valence-electron chi connectivity index (χ0n) is 15.4. The van der Waals surface area contributed by atoms with Gasteiger partial charge in [-0.15, -0.1) is 0 Å². The lowest BCUT2D eigenvalue weighted by Crippen LogP contribution is -2.12. The number of rotatable bonds is 4. The number of aromatic nitrogens is 2. The zero-order chi connectivity index (χ0) is 19.7. The van der Waals surface area contributed by atoms with E-state index < -0.39 is 0 Å². The van der Waals surface area contributed by atoms with Crippen LogP contribution < -0.4 is 10.1 Å². The monoisotopic (exact) mass is 435 g/mol. The lowest BCUT2D eigenvalue weighted by Gasteiger charge is -2.09. The van der Waals surface area contributed by atoms with E-state index >= 15 is 0 Å². The summed E-state index contributed by atoms with van der Waals surface area (Å²) in [6.45, 7) is 2.04. The lowest BCUT2D eigenvalue weighted by molar-refractivity contribution is 0.102. The molecule has 0 spiro atoms. The van der Waals surface area contributed by atoms with Gasteiger partial charge < -0.3 is 14.5 Å². The highest BCUT2D eigenvalue weighted by molar-refractivity contribution is 9.10. The number of nitrogens with zero attached hydrogens (tertiary/aromatic N) is 2. The van der Waals surface area contributed by atoms with E-state index in [1.807, 2.05) is 60.1 Å². The van der Waals surface area contributed by atoms with Gasteiger partial charge in [0.15, 0.2) is 0 Å². The number of carbonyl (C=O) groups is 1. The molecule has 5 nitrogen and oxygen atoms in total. The first-order chi connectivity index (χ1) is 13.5. The Hall–Kier alpha value is -3.12. The molecule has 2 heterocycles. The number of nitrogens with one attached hydrogen (secondary N) is 1. The first-order valence-corrected chi connectivity index (χ1v) is 9.54. The SMILES string of the molecule is COc1ccc(C(=O)Nc2ccc(-c3cn4cccc(C)c4n3)cc2)c(Br)c1. The van der Waals surface area contributed by atoms with Gasteiger partial charge in [-0.25, -0.2) is 4.98 Å². The highest BCUT2D eigenvalue weighted by atomic mass is 79.9. The fraction of sp³-hybridized carbons (Fsp3) is 0.0909. The second-order valence-corrected chi connectivity index (χ2v) is 7.28. The number of aryl methyl sites for hydroxylation is 1. The Morgan fingerprint density at radius 1 is 1.14 bits per heavy atom. The van der Waals surface area contributed by atoms with Gasteiger partial charge in [-0.05, 0) is 64.8 Å². The minimum atomic E-state index is -0.189. The van der Waals surface area contributed by atoms with Crippen molar-refractivity contribution in [3.63, 3.8) is 0 Å². The molecule has 0 bridgehead atoms. The smallest absolute Gasteiger partial charge is 0.256 e. The Morgan fingerprint density at radius 2 is 1.93 bits per heavy atom. The highest BCUT2D eigenvalue weighted by Gasteiger charge is 2.12. The summed E-state index contributed by atoms with van der Waals surface area (Å²) in [5.41, 5.74) is 5.22. The molecule has 0 aliphatic carbocycles. The van der Waals surface area contributed by atoms with Gasteiger partial charge in [0.1, 0.15) is 11.4 Å². The largest absolute Gasteiger partial charge is 0.497 e. The van der Waals surface area contributed by atoms with Gasteiger partial charge in [-0.3, -0.25) is 4.79 Å². The fourth-order valence-electron chi connectivity index (χ4n) is 3.02. The first kappa shape index (κ1) is 18.3. The predicted octanol–water partition coefficient (Wildman–Crippen LogP) is 5.33. The molecule has 6 heteroatoms. The van der Waals surface area contributed by atoms with Crippen LogP contribution in [-0.4, -0.2) is 22.4 Å². The van der Waals surface area contributed by atoms with Gasteiger partial charge in [-0.2, -0.15) is 0 Å². The maximum absolute atomic E-state index is 12.5. The molecule has 1 amide bonds. The van der Waals surface area contributed by atoms with Gasteiger partial charge in [-0.1, -0.05) is 18.2 Å². The summed E-state index contributed by atoms with van der Waals surface area (Å²) in [4.78, 5) is 17.3. The third-order valence-corrected chi connectivity index (χ3v) is 5.19. The molecule has 0 saturated carbocycles. The number of anilines is 1. The normalized spacial score (nSPS) is 10.8. The predicted molar refractivity (Wildman–Crippen MR) is 114 cm³/mol. The number of carbonyl (C=O) groups excluding carboxylic acids is 1. The van der Waals surface area contributed by atoms with Crippen molar-refractivity contribution >= 4 is 33.2 Å². The molecule has 4 aromatic rings. The zero-order valence-corrected chi connectivity index (χ0v) is 17.0. The molecule has 0 fully saturated rings. The van der Waals surface area contributed by atoms with E-state index in [9.17, 15) is 4.79 Å². The highest BCUT2D eigenvalue weighted by Crippen LogP contribution is 2.25. The Bertz CT molecular complexity index is 1170. The van der Waals surface area contributed by atoms with Crippen LogP contribution in [0.2, 0.25) is 0 Å². The van der Waals surface area contributed by atoms with E-state index in [1.54, 1.807) is 25.3 Å². The van der Waals surface area contributed by atoms with Crippen LogP contribution in [0.1, 0.15) is 15.9 Å². The molecule has 0 aliphatic rings. The summed E-state index contributed by atoms with van der Waals surface area (Å²) in [6.07, 6.45) is 3.99.